The average molecular weight is 292 g/mol. The second-order valence-electron chi connectivity index (χ2n) is 4.00. The van der Waals surface area contributed by atoms with Crippen molar-refractivity contribution >= 4 is 23.2 Å². The fourth-order valence-electron chi connectivity index (χ4n) is 1.58. The lowest BCUT2D eigenvalue weighted by Gasteiger charge is -2.06. The van der Waals surface area contributed by atoms with Crippen LogP contribution in [0.3, 0.4) is 0 Å². The van der Waals surface area contributed by atoms with Gasteiger partial charge in [-0.1, -0.05) is 12.1 Å². The normalized spacial score (nSPS) is 10.1. The molecule has 2 aromatic rings. The summed E-state index contributed by atoms with van der Waals surface area (Å²) in [5.74, 6) is -0.987. The van der Waals surface area contributed by atoms with Crippen LogP contribution in [0.5, 0.6) is 0 Å². The Bertz CT molecular complexity index is 599. The van der Waals surface area contributed by atoms with E-state index in [0.29, 0.717) is 11.4 Å². The van der Waals surface area contributed by atoms with Crippen molar-refractivity contribution < 1.29 is 14.0 Å². The fourth-order valence-corrected chi connectivity index (χ4v) is 2.22. The summed E-state index contributed by atoms with van der Waals surface area (Å²) in [7, 11) is 0. The Morgan fingerprint density at radius 2 is 1.80 bits per heavy atom. The Morgan fingerprint density at radius 1 is 1.05 bits per heavy atom. The number of halogens is 1. The molecule has 6 heteroatoms. The molecule has 1 aromatic carbocycles. The lowest BCUT2D eigenvalue weighted by Crippen LogP contribution is -2.34. The van der Waals surface area contributed by atoms with Gasteiger partial charge in [-0.05, 0) is 29.6 Å². The third kappa shape index (κ3) is 3.89. The van der Waals surface area contributed by atoms with Gasteiger partial charge in [0.15, 0.2) is 0 Å². The fraction of sp³-hybridized carbons (Fsp3) is 0.143. The van der Waals surface area contributed by atoms with Gasteiger partial charge in [-0.15, -0.1) is 11.3 Å². The maximum Gasteiger partial charge on any atom is 0.261 e. The molecule has 0 atom stereocenters. The van der Waals surface area contributed by atoms with Crippen molar-refractivity contribution in [1.29, 1.82) is 0 Å². The van der Waals surface area contributed by atoms with E-state index in [2.05, 4.69) is 10.6 Å². The highest BCUT2D eigenvalue weighted by Crippen LogP contribution is 2.07. The van der Waals surface area contributed by atoms with Crippen LogP contribution in [0.15, 0.2) is 41.8 Å². The molecule has 0 bridgehead atoms. The minimum absolute atomic E-state index is 0.167. The van der Waals surface area contributed by atoms with Gasteiger partial charge in [0.2, 0.25) is 0 Å². The Hall–Kier alpha value is -2.21. The van der Waals surface area contributed by atoms with E-state index in [4.69, 9.17) is 0 Å². The van der Waals surface area contributed by atoms with Crippen molar-refractivity contribution in [3.63, 3.8) is 0 Å². The second kappa shape index (κ2) is 6.81. The van der Waals surface area contributed by atoms with E-state index in [1.54, 1.807) is 12.1 Å². The lowest BCUT2D eigenvalue weighted by atomic mass is 10.2. The number of hydrogen-bond acceptors (Lipinski definition) is 3. The molecule has 1 heterocycles. The van der Waals surface area contributed by atoms with Crippen molar-refractivity contribution in [3.05, 3.63) is 58.0 Å². The molecule has 2 amide bonds. The molecule has 0 fully saturated rings. The molecule has 0 radical (unpaired) electrons. The molecule has 20 heavy (non-hydrogen) atoms. The molecule has 0 aliphatic carbocycles. The summed E-state index contributed by atoms with van der Waals surface area (Å²) in [5.41, 5.74) is 0.259. The largest absolute Gasteiger partial charge is 0.350 e. The van der Waals surface area contributed by atoms with Gasteiger partial charge in [-0.3, -0.25) is 9.59 Å². The summed E-state index contributed by atoms with van der Waals surface area (Å²) in [6.45, 7) is 0.601. The first-order chi connectivity index (χ1) is 9.66. The molecule has 0 aliphatic heterocycles. The van der Waals surface area contributed by atoms with Crippen LogP contribution >= 0.6 is 11.3 Å². The molecular weight excluding hydrogens is 279 g/mol. The highest BCUT2D eigenvalue weighted by atomic mass is 32.1. The zero-order chi connectivity index (χ0) is 14.4. The highest BCUT2D eigenvalue weighted by Gasteiger charge is 2.07. The Labute approximate surface area is 119 Å². The van der Waals surface area contributed by atoms with Crippen molar-refractivity contribution in [3.8, 4) is 0 Å². The summed E-state index contributed by atoms with van der Waals surface area (Å²) in [4.78, 5) is 23.9. The second-order valence-corrected chi connectivity index (χ2v) is 4.95. The van der Waals surface area contributed by atoms with Crippen LogP contribution in [0.2, 0.25) is 0 Å². The first-order valence-electron chi connectivity index (χ1n) is 6.02. The van der Waals surface area contributed by atoms with Crippen molar-refractivity contribution in [1.82, 2.24) is 10.6 Å². The van der Waals surface area contributed by atoms with Crippen LogP contribution in [0.25, 0.3) is 0 Å². The maximum absolute atomic E-state index is 12.9. The third-order valence-electron chi connectivity index (χ3n) is 2.53. The lowest BCUT2D eigenvalue weighted by molar-refractivity contribution is 0.0929. The van der Waals surface area contributed by atoms with E-state index in [0.717, 1.165) is 0 Å². The first-order valence-corrected chi connectivity index (χ1v) is 6.90. The minimum atomic E-state index is -0.455. The SMILES string of the molecule is O=C(NCCNC(=O)c1cccs1)c1cccc(F)c1. The van der Waals surface area contributed by atoms with E-state index in [1.807, 2.05) is 5.38 Å². The number of amides is 2. The smallest absolute Gasteiger partial charge is 0.261 e. The zero-order valence-corrected chi connectivity index (χ0v) is 11.4. The van der Waals surface area contributed by atoms with Crippen LogP contribution in [0.4, 0.5) is 4.39 Å². The van der Waals surface area contributed by atoms with Crippen LogP contribution in [-0.4, -0.2) is 24.9 Å². The number of carbonyl (C=O) groups is 2. The molecule has 2 rings (SSSR count). The number of thiophene rings is 1. The van der Waals surface area contributed by atoms with Gasteiger partial charge < -0.3 is 10.6 Å². The summed E-state index contributed by atoms with van der Waals surface area (Å²) in [5, 5.41) is 7.12. The molecule has 0 spiro atoms. The van der Waals surface area contributed by atoms with Gasteiger partial charge in [-0.25, -0.2) is 4.39 Å². The maximum atomic E-state index is 12.9. The molecule has 0 saturated heterocycles. The zero-order valence-electron chi connectivity index (χ0n) is 10.6. The van der Waals surface area contributed by atoms with E-state index in [1.165, 1.54) is 35.6 Å². The van der Waals surface area contributed by atoms with E-state index < -0.39 is 5.82 Å². The summed E-state index contributed by atoms with van der Waals surface area (Å²) in [6, 6.07) is 8.97. The molecule has 0 unspecified atom stereocenters. The monoisotopic (exact) mass is 292 g/mol. The molecule has 0 saturated carbocycles. The van der Waals surface area contributed by atoms with Crippen LogP contribution in [0.1, 0.15) is 20.0 Å². The number of benzene rings is 1. The summed E-state index contributed by atoms with van der Waals surface area (Å²) >= 11 is 1.35. The van der Waals surface area contributed by atoms with Gasteiger partial charge in [-0.2, -0.15) is 0 Å². The third-order valence-corrected chi connectivity index (χ3v) is 3.40. The quantitative estimate of drug-likeness (QED) is 0.829. The van der Waals surface area contributed by atoms with Gasteiger partial charge in [0.1, 0.15) is 5.82 Å². The first kappa shape index (κ1) is 14.2. The predicted octanol–water partition coefficient (Wildman–Crippen LogP) is 2.05. The van der Waals surface area contributed by atoms with E-state index >= 15 is 0 Å². The molecular formula is C14H13FN2O2S. The number of nitrogens with one attached hydrogen (secondary N) is 2. The Morgan fingerprint density at radius 3 is 2.45 bits per heavy atom. The number of rotatable bonds is 5. The Balaban J connectivity index is 1.73. The van der Waals surface area contributed by atoms with Crippen molar-refractivity contribution in [2.24, 2.45) is 0 Å². The van der Waals surface area contributed by atoms with E-state index in [-0.39, 0.29) is 23.9 Å². The van der Waals surface area contributed by atoms with Crippen LogP contribution in [0, 0.1) is 5.82 Å². The van der Waals surface area contributed by atoms with E-state index in [9.17, 15) is 14.0 Å². The minimum Gasteiger partial charge on any atom is -0.350 e. The van der Waals surface area contributed by atoms with Gasteiger partial charge >= 0.3 is 0 Å². The molecule has 4 nitrogen and oxygen atoms in total. The average Bonchev–Trinajstić information content (AvgIpc) is 2.97. The van der Waals surface area contributed by atoms with Crippen molar-refractivity contribution in [2.75, 3.05) is 13.1 Å². The molecule has 104 valence electrons. The highest BCUT2D eigenvalue weighted by molar-refractivity contribution is 7.12. The van der Waals surface area contributed by atoms with Crippen molar-refractivity contribution in [2.45, 2.75) is 0 Å². The Kier molecular flexibility index (Phi) is 4.84. The topological polar surface area (TPSA) is 58.2 Å². The molecule has 1 aromatic heterocycles. The van der Waals surface area contributed by atoms with Gasteiger partial charge in [0.25, 0.3) is 11.8 Å². The number of carbonyl (C=O) groups excluding carboxylic acids is 2. The van der Waals surface area contributed by atoms with Crippen LogP contribution in [-0.2, 0) is 0 Å². The van der Waals surface area contributed by atoms with Gasteiger partial charge in [0, 0.05) is 18.7 Å². The number of hydrogen-bond donors (Lipinski definition) is 2. The van der Waals surface area contributed by atoms with Crippen LogP contribution < -0.4 is 10.6 Å². The molecule has 0 aliphatic rings. The summed E-state index contributed by atoms with van der Waals surface area (Å²) in [6.07, 6.45) is 0. The molecule has 2 N–H and O–H groups in total. The standard InChI is InChI=1S/C14H13FN2O2S/c15-11-4-1-3-10(9-11)13(18)16-6-7-17-14(19)12-5-2-8-20-12/h1-5,8-9H,6-7H2,(H,16,18)(H,17,19). The summed E-state index contributed by atoms with van der Waals surface area (Å²) < 4.78 is 12.9. The van der Waals surface area contributed by atoms with Gasteiger partial charge in [0.05, 0.1) is 4.88 Å². The predicted molar refractivity (Wildman–Crippen MR) is 75.4 cm³/mol.